The highest BCUT2D eigenvalue weighted by atomic mass is 16.5. The van der Waals surface area contributed by atoms with Crippen molar-refractivity contribution in [3.05, 3.63) is 90.1 Å². The maximum Gasteiger partial charge on any atom is 0.337 e. The first-order valence-electron chi connectivity index (χ1n) is 8.77. The van der Waals surface area contributed by atoms with Crippen LogP contribution in [0.1, 0.15) is 15.9 Å². The van der Waals surface area contributed by atoms with Crippen LogP contribution in [0.25, 0.3) is 22.0 Å². The summed E-state index contributed by atoms with van der Waals surface area (Å²) in [5, 5.41) is 1.10. The van der Waals surface area contributed by atoms with E-state index in [2.05, 4.69) is 22.9 Å². The fourth-order valence-electron chi connectivity index (χ4n) is 3.34. The van der Waals surface area contributed by atoms with Crippen molar-refractivity contribution in [3.63, 3.8) is 0 Å². The van der Waals surface area contributed by atoms with E-state index in [1.165, 1.54) is 7.11 Å². The minimum atomic E-state index is -0.335. The zero-order chi connectivity index (χ0) is 18.8. The molecular formula is C23H20N2O2. The van der Waals surface area contributed by atoms with Gasteiger partial charge in [0, 0.05) is 34.9 Å². The number of aromatic nitrogens is 1. The lowest BCUT2D eigenvalue weighted by atomic mass is 10.0. The van der Waals surface area contributed by atoms with Gasteiger partial charge in [0.1, 0.15) is 0 Å². The number of nitrogens with zero attached hydrogens (tertiary/aromatic N) is 1. The summed E-state index contributed by atoms with van der Waals surface area (Å²) < 4.78 is 7.05. The number of rotatable bonds is 4. The number of carbonyl (C=O) groups is 1. The maximum absolute atomic E-state index is 12.0. The van der Waals surface area contributed by atoms with Gasteiger partial charge in [-0.1, -0.05) is 48.5 Å². The van der Waals surface area contributed by atoms with Gasteiger partial charge >= 0.3 is 5.97 Å². The summed E-state index contributed by atoms with van der Waals surface area (Å²) in [4.78, 5) is 12.0. The van der Waals surface area contributed by atoms with Gasteiger partial charge in [-0.25, -0.2) is 4.79 Å². The molecule has 4 rings (SSSR count). The molecule has 27 heavy (non-hydrogen) atoms. The SMILES string of the molecule is COC(=O)c1ccc2c(-c3ccccc3)cn(Cc3ccc(N)cc3)c2c1. The largest absolute Gasteiger partial charge is 0.465 e. The van der Waals surface area contributed by atoms with E-state index >= 15 is 0 Å². The Labute approximate surface area is 157 Å². The Hall–Kier alpha value is -3.53. The van der Waals surface area contributed by atoms with Gasteiger partial charge in [0.25, 0.3) is 0 Å². The number of hydrogen-bond donors (Lipinski definition) is 1. The molecule has 4 aromatic rings. The molecular weight excluding hydrogens is 336 g/mol. The third-order valence-corrected chi connectivity index (χ3v) is 4.72. The van der Waals surface area contributed by atoms with Crippen LogP contribution in [-0.2, 0) is 11.3 Å². The Bertz CT molecular complexity index is 1100. The number of benzene rings is 3. The van der Waals surface area contributed by atoms with Crippen LogP contribution >= 0.6 is 0 Å². The molecule has 2 N–H and O–H groups in total. The predicted octanol–water partition coefficient (Wildman–Crippen LogP) is 4.73. The molecule has 0 saturated carbocycles. The topological polar surface area (TPSA) is 57.2 Å². The summed E-state index contributed by atoms with van der Waals surface area (Å²) >= 11 is 0. The molecule has 0 fully saturated rings. The van der Waals surface area contributed by atoms with E-state index in [1.807, 2.05) is 60.7 Å². The number of anilines is 1. The molecule has 1 heterocycles. The second-order valence-electron chi connectivity index (χ2n) is 6.50. The molecule has 0 aliphatic rings. The third-order valence-electron chi connectivity index (χ3n) is 4.72. The zero-order valence-corrected chi connectivity index (χ0v) is 15.1. The number of nitrogens with two attached hydrogens (primary N) is 1. The van der Waals surface area contributed by atoms with Crippen molar-refractivity contribution >= 4 is 22.6 Å². The van der Waals surface area contributed by atoms with Gasteiger partial charge < -0.3 is 15.0 Å². The van der Waals surface area contributed by atoms with Crippen LogP contribution in [-0.4, -0.2) is 17.6 Å². The highest BCUT2D eigenvalue weighted by molar-refractivity contribution is 6.00. The van der Waals surface area contributed by atoms with Gasteiger partial charge in [-0.3, -0.25) is 0 Å². The van der Waals surface area contributed by atoms with E-state index in [0.717, 1.165) is 33.3 Å². The molecule has 0 aliphatic heterocycles. The lowest BCUT2D eigenvalue weighted by Crippen LogP contribution is -2.02. The third kappa shape index (κ3) is 3.29. The molecule has 3 aromatic carbocycles. The van der Waals surface area contributed by atoms with E-state index in [4.69, 9.17) is 10.5 Å². The average Bonchev–Trinajstić information content (AvgIpc) is 3.07. The summed E-state index contributed by atoms with van der Waals surface area (Å²) in [5.74, 6) is -0.335. The molecule has 4 heteroatoms. The lowest BCUT2D eigenvalue weighted by molar-refractivity contribution is 0.0601. The fourth-order valence-corrected chi connectivity index (χ4v) is 3.34. The van der Waals surface area contributed by atoms with Crippen molar-refractivity contribution in [1.82, 2.24) is 4.57 Å². The Morgan fingerprint density at radius 1 is 1.00 bits per heavy atom. The monoisotopic (exact) mass is 356 g/mol. The zero-order valence-electron chi connectivity index (χ0n) is 15.1. The molecule has 0 unspecified atom stereocenters. The Kier molecular flexibility index (Phi) is 4.38. The van der Waals surface area contributed by atoms with Crippen LogP contribution in [0, 0.1) is 0 Å². The Morgan fingerprint density at radius 3 is 2.44 bits per heavy atom. The van der Waals surface area contributed by atoms with Crippen LogP contribution in [0.15, 0.2) is 79.0 Å². The van der Waals surface area contributed by atoms with Crippen molar-refractivity contribution in [3.8, 4) is 11.1 Å². The van der Waals surface area contributed by atoms with Crippen LogP contribution in [0.2, 0.25) is 0 Å². The quantitative estimate of drug-likeness (QED) is 0.425. The van der Waals surface area contributed by atoms with E-state index in [9.17, 15) is 4.79 Å². The maximum atomic E-state index is 12.0. The molecule has 134 valence electrons. The van der Waals surface area contributed by atoms with Gasteiger partial charge in [-0.15, -0.1) is 0 Å². The highest BCUT2D eigenvalue weighted by Crippen LogP contribution is 2.32. The molecule has 1 aromatic heterocycles. The number of esters is 1. The number of carbonyl (C=O) groups excluding carboxylic acids is 1. The summed E-state index contributed by atoms with van der Waals surface area (Å²) in [6.45, 7) is 0.689. The Balaban J connectivity index is 1.87. The molecule has 0 amide bonds. The van der Waals surface area contributed by atoms with Crippen LogP contribution in [0.4, 0.5) is 5.69 Å². The van der Waals surface area contributed by atoms with Crippen molar-refractivity contribution in [1.29, 1.82) is 0 Å². The molecule has 4 nitrogen and oxygen atoms in total. The molecule has 0 saturated heterocycles. The van der Waals surface area contributed by atoms with E-state index in [0.29, 0.717) is 12.1 Å². The lowest BCUT2D eigenvalue weighted by Gasteiger charge is -2.07. The minimum Gasteiger partial charge on any atom is -0.465 e. The molecule has 0 radical (unpaired) electrons. The summed E-state index contributed by atoms with van der Waals surface area (Å²) in [6.07, 6.45) is 2.14. The first-order valence-corrected chi connectivity index (χ1v) is 8.77. The normalized spacial score (nSPS) is 10.9. The number of ether oxygens (including phenoxy) is 1. The highest BCUT2D eigenvalue weighted by Gasteiger charge is 2.14. The smallest absolute Gasteiger partial charge is 0.337 e. The van der Waals surface area contributed by atoms with E-state index in [1.54, 1.807) is 0 Å². The fraction of sp³-hybridized carbons (Fsp3) is 0.0870. The number of hydrogen-bond acceptors (Lipinski definition) is 3. The first kappa shape index (κ1) is 16.9. The average molecular weight is 356 g/mol. The van der Waals surface area contributed by atoms with Gasteiger partial charge in [0.15, 0.2) is 0 Å². The molecule has 0 spiro atoms. The van der Waals surface area contributed by atoms with E-state index < -0.39 is 0 Å². The second-order valence-corrected chi connectivity index (χ2v) is 6.50. The van der Waals surface area contributed by atoms with E-state index in [-0.39, 0.29) is 5.97 Å². The van der Waals surface area contributed by atoms with Gasteiger partial charge in [0.2, 0.25) is 0 Å². The summed E-state index contributed by atoms with van der Waals surface area (Å²) in [5.41, 5.74) is 11.5. The van der Waals surface area contributed by atoms with Crippen LogP contribution in [0.3, 0.4) is 0 Å². The van der Waals surface area contributed by atoms with Crippen molar-refractivity contribution in [2.75, 3.05) is 12.8 Å². The van der Waals surface area contributed by atoms with Crippen molar-refractivity contribution in [2.24, 2.45) is 0 Å². The second kappa shape index (κ2) is 7.00. The van der Waals surface area contributed by atoms with Crippen molar-refractivity contribution < 1.29 is 9.53 Å². The van der Waals surface area contributed by atoms with Crippen LogP contribution < -0.4 is 5.73 Å². The standard InChI is InChI=1S/C23H20N2O2/c1-27-23(26)18-9-12-20-21(17-5-3-2-4-6-17)15-25(22(20)13-18)14-16-7-10-19(24)11-8-16/h2-13,15H,14,24H2,1H3. The number of methoxy groups -OCH3 is 1. The minimum absolute atomic E-state index is 0.335. The van der Waals surface area contributed by atoms with Gasteiger partial charge in [0.05, 0.1) is 12.7 Å². The number of fused-ring (bicyclic) bond motifs is 1. The molecule has 0 bridgehead atoms. The number of nitrogen functional groups attached to an aromatic ring is 1. The Morgan fingerprint density at radius 2 is 1.74 bits per heavy atom. The van der Waals surface area contributed by atoms with Gasteiger partial charge in [-0.05, 0) is 35.4 Å². The van der Waals surface area contributed by atoms with Gasteiger partial charge in [-0.2, -0.15) is 0 Å². The summed E-state index contributed by atoms with van der Waals surface area (Å²) in [7, 11) is 1.40. The molecule has 0 atom stereocenters. The summed E-state index contributed by atoms with van der Waals surface area (Å²) in [6, 6.07) is 23.8. The first-order chi connectivity index (χ1) is 13.2. The molecule has 0 aliphatic carbocycles. The van der Waals surface area contributed by atoms with Crippen molar-refractivity contribution in [2.45, 2.75) is 6.54 Å². The van der Waals surface area contributed by atoms with Crippen LogP contribution in [0.5, 0.6) is 0 Å². The predicted molar refractivity (Wildman–Crippen MR) is 109 cm³/mol.